The van der Waals surface area contributed by atoms with Gasteiger partial charge in [-0.25, -0.2) is 0 Å². The molecule has 0 rings (SSSR count). The lowest BCUT2D eigenvalue weighted by atomic mass is 10.2. The first kappa shape index (κ1) is 12.2. The molecular weight excluding hydrogens is 166 g/mol. The molecule has 0 aliphatic rings. The van der Waals surface area contributed by atoms with Crippen molar-refractivity contribution in [1.29, 1.82) is 0 Å². The highest BCUT2D eigenvalue weighted by atomic mass is 16.3. The van der Waals surface area contributed by atoms with E-state index in [1.807, 2.05) is 6.92 Å². The van der Waals surface area contributed by atoms with Gasteiger partial charge in [0.2, 0.25) is 0 Å². The highest BCUT2D eigenvalue weighted by Gasteiger charge is 1.99. The maximum atomic E-state index is 8.75. The quantitative estimate of drug-likeness (QED) is 0.424. The maximum absolute atomic E-state index is 8.75. The molecular formula is C9H21N3O. The molecule has 0 bridgehead atoms. The molecule has 0 amide bonds. The molecule has 13 heavy (non-hydrogen) atoms. The molecule has 0 aromatic carbocycles. The molecule has 4 N–H and O–H groups in total. The lowest BCUT2D eigenvalue weighted by Crippen LogP contribution is -2.36. The molecule has 0 heterocycles. The van der Waals surface area contributed by atoms with Crippen LogP contribution in [0.5, 0.6) is 0 Å². The van der Waals surface area contributed by atoms with Crippen molar-refractivity contribution in [1.82, 2.24) is 5.32 Å². The minimum Gasteiger partial charge on any atom is -0.396 e. The highest BCUT2D eigenvalue weighted by Crippen LogP contribution is 1.91. The molecule has 0 fully saturated rings. The minimum absolute atomic E-state index is 0.171. The van der Waals surface area contributed by atoms with Crippen molar-refractivity contribution in [3.05, 3.63) is 0 Å². The monoisotopic (exact) mass is 187 g/mol. The number of aliphatic imine (C=N–C) groups is 1. The van der Waals surface area contributed by atoms with Crippen LogP contribution in [0.1, 0.15) is 20.8 Å². The zero-order valence-electron chi connectivity index (χ0n) is 8.75. The fourth-order valence-electron chi connectivity index (χ4n) is 0.680. The van der Waals surface area contributed by atoms with Gasteiger partial charge >= 0.3 is 0 Å². The molecule has 78 valence electrons. The van der Waals surface area contributed by atoms with Crippen LogP contribution in [0, 0.1) is 11.8 Å². The van der Waals surface area contributed by atoms with Crippen molar-refractivity contribution in [3.8, 4) is 0 Å². The van der Waals surface area contributed by atoms with E-state index >= 15 is 0 Å². The van der Waals surface area contributed by atoms with Crippen LogP contribution < -0.4 is 11.1 Å². The van der Waals surface area contributed by atoms with Gasteiger partial charge in [-0.15, -0.1) is 0 Å². The van der Waals surface area contributed by atoms with Crippen LogP contribution in [0.2, 0.25) is 0 Å². The van der Waals surface area contributed by atoms with E-state index in [9.17, 15) is 0 Å². The molecule has 4 heteroatoms. The number of rotatable bonds is 5. The molecule has 0 saturated carbocycles. The Morgan fingerprint density at radius 1 is 1.46 bits per heavy atom. The number of hydrogen-bond acceptors (Lipinski definition) is 2. The van der Waals surface area contributed by atoms with E-state index in [0.717, 1.165) is 6.54 Å². The van der Waals surface area contributed by atoms with Crippen LogP contribution in [0.3, 0.4) is 0 Å². The normalized spacial score (nSPS) is 14.7. The summed E-state index contributed by atoms with van der Waals surface area (Å²) in [5.41, 5.74) is 5.58. The van der Waals surface area contributed by atoms with E-state index in [1.165, 1.54) is 0 Å². The second-order valence-electron chi connectivity index (χ2n) is 3.79. The van der Waals surface area contributed by atoms with Crippen LogP contribution in [-0.2, 0) is 0 Å². The molecule has 4 nitrogen and oxygen atoms in total. The average molecular weight is 187 g/mol. The van der Waals surface area contributed by atoms with Gasteiger partial charge in [-0.05, 0) is 11.8 Å². The predicted octanol–water partition coefficient (Wildman–Crippen LogP) is 0.175. The van der Waals surface area contributed by atoms with Crippen molar-refractivity contribution < 1.29 is 5.11 Å². The summed E-state index contributed by atoms with van der Waals surface area (Å²) in [7, 11) is 0. The third-order valence-electron chi connectivity index (χ3n) is 1.57. The first-order chi connectivity index (χ1) is 6.06. The SMILES string of the molecule is CC(C)CN=C(N)NCC(C)CO. The first-order valence-corrected chi connectivity index (χ1v) is 4.71. The molecule has 0 radical (unpaired) electrons. The molecule has 1 unspecified atom stereocenters. The van der Waals surface area contributed by atoms with E-state index in [-0.39, 0.29) is 12.5 Å². The lowest BCUT2D eigenvalue weighted by molar-refractivity contribution is 0.238. The Labute approximate surface area is 80.2 Å². The van der Waals surface area contributed by atoms with Crippen molar-refractivity contribution in [3.63, 3.8) is 0 Å². The van der Waals surface area contributed by atoms with Crippen LogP contribution in [0.15, 0.2) is 4.99 Å². The van der Waals surface area contributed by atoms with E-state index in [2.05, 4.69) is 24.2 Å². The van der Waals surface area contributed by atoms with Gasteiger partial charge in [-0.2, -0.15) is 0 Å². The largest absolute Gasteiger partial charge is 0.396 e. The van der Waals surface area contributed by atoms with Crippen molar-refractivity contribution in [2.45, 2.75) is 20.8 Å². The van der Waals surface area contributed by atoms with Crippen LogP contribution in [-0.4, -0.2) is 30.8 Å². The molecule has 0 saturated heterocycles. The zero-order chi connectivity index (χ0) is 10.3. The fraction of sp³-hybridized carbons (Fsp3) is 0.889. The Bertz CT molecular complexity index is 157. The number of nitrogens with two attached hydrogens (primary N) is 1. The zero-order valence-corrected chi connectivity index (χ0v) is 8.75. The summed E-state index contributed by atoms with van der Waals surface area (Å²) >= 11 is 0. The van der Waals surface area contributed by atoms with E-state index in [0.29, 0.717) is 18.4 Å². The maximum Gasteiger partial charge on any atom is 0.188 e. The topological polar surface area (TPSA) is 70.6 Å². The molecule has 0 aromatic heterocycles. The van der Waals surface area contributed by atoms with Crippen LogP contribution in [0.25, 0.3) is 0 Å². The van der Waals surface area contributed by atoms with Gasteiger partial charge in [0.15, 0.2) is 5.96 Å². The Hall–Kier alpha value is -0.770. The van der Waals surface area contributed by atoms with E-state index in [4.69, 9.17) is 10.8 Å². The van der Waals surface area contributed by atoms with Gasteiger partial charge in [0, 0.05) is 19.7 Å². The predicted molar refractivity (Wildman–Crippen MR) is 55.6 cm³/mol. The molecule has 1 atom stereocenters. The number of aliphatic hydroxyl groups is 1. The Morgan fingerprint density at radius 3 is 2.54 bits per heavy atom. The van der Waals surface area contributed by atoms with Gasteiger partial charge in [0.05, 0.1) is 0 Å². The average Bonchev–Trinajstić information content (AvgIpc) is 2.10. The number of hydrogen-bond donors (Lipinski definition) is 3. The van der Waals surface area contributed by atoms with E-state index < -0.39 is 0 Å². The third-order valence-corrected chi connectivity index (χ3v) is 1.57. The van der Waals surface area contributed by atoms with Crippen molar-refractivity contribution in [2.24, 2.45) is 22.6 Å². The van der Waals surface area contributed by atoms with Gasteiger partial charge < -0.3 is 16.2 Å². The smallest absolute Gasteiger partial charge is 0.188 e. The highest BCUT2D eigenvalue weighted by molar-refractivity contribution is 5.77. The molecule has 0 aromatic rings. The summed E-state index contributed by atoms with van der Waals surface area (Å²) in [6, 6.07) is 0. The summed E-state index contributed by atoms with van der Waals surface area (Å²) in [5.74, 6) is 1.21. The first-order valence-electron chi connectivity index (χ1n) is 4.71. The fourth-order valence-corrected chi connectivity index (χ4v) is 0.680. The number of nitrogens with zero attached hydrogens (tertiary/aromatic N) is 1. The lowest BCUT2D eigenvalue weighted by Gasteiger charge is -2.10. The van der Waals surface area contributed by atoms with Crippen LogP contribution >= 0.6 is 0 Å². The summed E-state index contributed by atoms with van der Waals surface area (Å²) < 4.78 is 0. The van der Waals surface area contributed by atoms with Gasteiger partial charge in [0.1, 0.15) is 0 Å². The second kappa shape index (κ2) is 6.71. The number of guanidine groups is 1. The van der Waals surface area contributed by atoms with Gasteiger partial charge in [-0.1, -0.05) is 20.8 Å². The molecule has 0 aliphatic carbocycles. The van der Waals surface area contributed by atoms with Crippen LogP contribution in [0.4, 0.5) is 0 Å². The number of nitrogens with one attached hydrogen (secondary N) is 1. The summed E-state index contributed by atoms with van der Waals surface area (Å²) in [6.45, 7) is 7.71. The summed E-state index contributed by atoms with van der Waals surface area (Å²) in [6.07, 6.45) is 0. The Kier molecular flexibility index (Phi) is 6.32. The third kappa shape index (κ3) is 7.59. The Morgan fingerprint density at radius 2 is 2.08 bits per heavy atom. The molecule has 0 spiro atoms. The molecule has 0 aliphatic heterocycles. The second-order valence-corrected chi connectivity index (χ2v) is 3.79. The minimum atomic E-state index is 0.171. The van der Waals surface area contributed by atoms with Crippen molar-refractivity contribution in [2.75, 3.05) is 19.7 Å². The van der Waals surface area contributed by atoms with E-state index in [1.54, 1.807) is 0 Å². The number of aliphatic hydroxyl groups excluding tert-OH is 1. The standard InChI is InChI=1S/C9H21N3O/c1-7(2)4-11-9(10)12-5-8(3)6-13/h7-8,13H,4-6H2,1-3H3,(H3,10,11,12). The Balaban J connectivity index is 3.60. The van der Waals surface area contributed by atoms with Gasteiger partial charge in [-0.3, -0.25) is 4.99 Å². The van der Waals surface area contributed by atoms with Gasteiger partial charge in [0.25, 0.3) is 0 Å². The summed E-state index contributed by atoms with van der Waals surface area (Å²) in [5, 5.41) is 11.7. The summed E-state index contributed by atoms with van der Waals surface area (Å²) in [4.78, 5) is 4.13. The van der Waals surface area contributed by atoms with Crippen molar-refractivity contribution >= 4 is 5.96 Å².